The molecule has 0 aliphatic rings. The molecule has 0 fully saturated rings. The van der Waals surface area contributed by atoms with E-state index in [-0.39, 0.29) is 10.9 Å². The van der Waals surface area contributed by atoms with Gasteiger partial charge in [0.1, 0.15) is 17.2 Å². The fraction of sp³-hybridized carbons (Fsp3) is 0.357. The van der Waals surface area contributed by atoms with Crippen molar-refractivity contribution in [2.24, 2.45) is 0 Å². The maximum absolute atomic E-state index is 14.2. The number of halogens is 2. The Bertz CT molecular complexity index is 621. The summed E-state index contributed by atoms with van der Waals surface area (Å²) in [6.45, 7) is 5.35. The predicted molar refractivity (Wildman–Crippen MR) is 70.1 cm³/mol. The van der Waals surface area contributed by atoms with Gasteiger partial charge in [0.15, 0.2) is 0 Å². The lowest BCUT2D eigenvalue weighted by atomic mass is 10.0. The molecule has 1 aromatic heterocycles. The highest BCUT2D eigenvalue weighted by atomic mass is 19.1. The summed E-state index contributed by atoms with van der Waals surface area (Å²) in [7, 11) is 1.72. The third kappa shape index (κ3) is 1.72. The molecule has 2 aromatic rings. The zero-order chi connectivity index (χ0) is 13.4. The Morgan fingerprint density at radius 1 is 1.28 bits per heavy atom. The van der Waals surface area contributed by atoms with Gasteiger partial charge in [-0.25, -0.2) is 13.8 Å². The van der Waals surface area contributed by atoms with Crippen LogP contribution in [0, 0.1) is 25.5 Å². The zero-order valence-corrected chi connectivity index (χ0v) is 11.0. The van der Waals surface area contributed by atoms with E-state index < -0.39 is 11.6 Å². The molecule has 0 saturated carbocycles. The molecule has 2 nitrogen and oxygen atoms in total. The monoisotopic (exact) mass is 250 g/mol. The average Bonchev–Trinajstić information content (AvgIpc) is 2.34. The third-order valence-corrected chi connectivity index (χ3v) is 3.24. The highest BCUT2D eigenvalue weighted by Crippen LogP contribution is 2.33. The van der Waals surface area contributed by atoms with Crippen LogP contribution in [-0.4, -0.2) is 12.0 Å². The van der Waals surface area contributed by atoms with Crippen LogP contribution >= 0.6 is 0 Å². The molecule has 1 N–H and O–H groups in total. The number of hydrogen-bond donors (Lipinski definition) is 1. The molecule has 96 valence electrons. The summed E-state index contributed by atoms with van der Waals surface area (Å²) in [5.74, 6) is -0.885. The Labute approximate surface area is 105 Å². The van der Waals surface area contributed by atoms with Crippen molar-refractivity contribution in [3.8, 4) is 0 Å². The summed E-state index contributed by atoms with van der Waals surface area (Å²) in [5, 5.41) is 3.23. The van der Waals surface area contributed by atoms with Crippen molar-refractivity contribution in [3.05, 3.63) is 34.5 Å². The van der Waals surface area contributed by atoms with Crippen LogP contribution < -0.4 is 5.32 Å². The van der Waals surface area contributed by atoms with E-state index in [0.29, 0.717) is 11.3 Å². The van der Waals surface area contributed by atoms with Gasteiger partial charge < -0.3 is 5.32 Å². The van der Waals surface area contributed by atoms with E-state index in [1.165, 1.54) is 6.07 Å². The minimum Gasteiger partial charge on any atom is -0.387 e. The first kappa shape index (κ1) is 12.7. The Morgan fingerprint density at radius 3 is 2.50 bits per heavy atom. The molecule has 0 aliphatic heterocycles. The molecule has 0 atom stereocenters. The lowest BCUT2D eigenvalue weighted by Crippen LogP contribution is -2.04. The molecule has 0 saturated heterocycles. The van der Waals surface area contributed by atoms with Crippen molar-refractivity contribution in [2.75, 3.05) is 12.4 Å². The van der Waals surface area contributed by atoms with Crippen molar-refractivity contribution in [1.82, 2.24) is 4.98 Å². The molecule has 1 heterocycles. The number of nitrogens with one attached hydrogen (secondary N) is 1. The molecular weight excluding hydrogens is 234 g/mol. The second-order valence-electron chi connectivity index (χ2n) is 4.37. The summed E-state index contributed by atoms with van der Waals surface area (Å²) in [4.78, 5) is 4.20. The first-order chi connectivity index (χ1) is 8.51. The van der Waals surface area contributed by atoms with E-state index in [4.69, 9.17) is 0 Å². The average molecular weight is 250 g/mol. The third-order valence-electron chi connectivity index (χ3n) is 3.24. The number of aromatic nitrogens is 1. The number of anilines is 1. The molecule has 0 aliphatic carbocycles. The molecule has 0 spiro atoms. The fourth-order valence-electron chi connectivity index (χ4n) is 2.36. The maximum Gasteiger partial charge on any atom is 0.149 e. The molecule has 0 bridgehead atoms. The highest BCUT2D eigenvalue weighted by molar-refractivity contribution is 5.94. The van der Waals surface area contributed by atoms with Crippen molar-refractivity contribution in [1.29, 1.82) is 0 Å². The number of fused-ring (bicyclic) bond motifs is 1. The topological polar surface area (TPSA) is 24.9 Å². The second kappa shape index (κ2) is 4.52. The molecule has 4 heteroatoms. The second-order valence-corrected chi connectivity index (χ2v) is 4.37. The standard InChI is InChI=1S/C14H16F2N2/c1-5-9-8(3)18-14-10(15)6-7(2)12(16)11(14)13(9)17-4/h6H,5H2,1-4H3,(H,17,18). The first-order valence-electron chi connectivity index (χ1n) is 5.96. The van der Waals surface area contributed by atoms with E-state index in [1.807, 2.05) is 13.8 Å². The van der Waals surface area contributed by atoms with Crippen LogP contribution in [0.4, 0.5) is 14.5 Å². The van der Waals surface area contributed by atoms with Gasteiger partial charge in [-0.2, -0.15) is 0 Å². The molecule has 0 unspecified atom stereocenters. The molecular formula is C14H16F2N2. The number of aryl methyl sites for hydroxylation is 2. The molecule has 1 aromatic carbocycles. The molecule has 18 heavy (non-hydrogen) atoms. The first-order valence-corrected chi connectivity index (χ1v) is 5.96. The zero-order valence-electron chi connectivity index (χ0n) is 11.0. The Hall–Kier alpha value is -1.71. The molecule has 0 radical (unpaired) electrons. The van der Waals surface area contributed by atoms with Crippen LogP contribution in [0.3, 0.4) is 0 Å². The largest absolute Gasteiger partial charge is 0.387 e. The van der Waals surface area contributed by atoms with Gasteiger partial charge in [-0.15, -0.1) is 0 Å². The quantitative estimate of drug-likeness (QED) is 0.878. The van der Waals surface area contributed by atoms with E-state index in [2.05, 4.69) is 10.3 Å². The Kier molecular flexibility index (Phi) is 3.20. The summed E-state index contributed by atoms with van der Waals surface area (Å²) in [6, 6.07) is 1.19. The lowest BCUT2D eigenvalue weighted by Gasteiger charge is -2.15. The summed E-state index contributed by atoms with van der Waals surface area (Å²) >= 11 is 0. The van der Waals surface area contributed by atoms with Crippen molar-refractivity contribution in [2.45, 2.75) is 27.2 Å². The van der Waals surface area contributed by atoms with Crippen LogP contribution in [0.2, 0.25) is 0 Å². The van der Waals surface area contributed by atoms with Gasteiger partial charge in [-0.1, -0.05) is 6.92 Å². The Balaban J connectivity index is 3.03. The smallest absolute Gasteiger partial charge is 0.149 e. The number of hydrogen-bond acceptors (Lipinski definition) is 2. The minimum absolute atomic E-state index is 0.0946. The van der Waals surface area contributed by atoms with Gasteiger partial charge >= 0.3 is 0 Å². The van der Waals surface area contributed by atoms with Crippen LogP contribution in [-0.2, 0) is 6.42 Å². The van der Waals surface area contributed by atoms with E-state index >= 15 is 0 Å². The van der Waals surface area contributed by atoms with Crippen LogP contribution in [0.15, 0.2) is 6.07 Å². The fourth-order valence-corrected chi connectivity index (χ4v) is 2.36. The number of pyridine rings is 1. The van der Waals surface area contributed by atoms with Gasteiger partial charge in [-0.05, 0) is 37.5 Å². The van der Waals surface area contributed by atoms with Crippen molar-refractivity contribution in [3.63, 3.8) is 0 Å². The summed E-state index contributed by atoms with van der Waals surface area (Å²) in [5.41, 5.74) is 2.69. The lowest BCUT2D eigenvalue weighted by molar-refractivity contribution is 0.607. The van der Waals surface area contributed by atoms with Gasteiger partial charge in [0.25, 0.3) is 0 Å². The maximum atomic E-state index is 14.2. The van der Waals surface area contributed by atoms with Crippen LogP contribution in [0.5, 0.6) is 0 Å². The van der Waals surface area contributed by atoms with Gasteiger partial charge in [0.05, 0.1) is 11.1 Å². The molecule has 2 rings (SSSR count). The molecule has 0 amide bonds. The highest BCUT2D eigenvalue weighted by Gasteiger charge is 2.18. The van der Waals surface area contributed by atoms with Crippen molar-refractivity contribution < 1.29 is 8.78 Å². The predicted octanol–water partition coefficient (Wildman–Crippen LogP) is 3.73. The van der Waals surface area contributed by atoms with Crippen molar-refractivity contribution >= 4 is 16.6 Å². The number of benzene rings is 1. The van der Waals surface area contributed by atoms with Crippen LogP contribution in [0.1, 0.15) is 23.7 Å². The summed E-state index contributed by atoms with van der Waals surface area (Å²) < 4.78 is 28.1. The van der Waals surface area contributed by atoms with Crippen LogP contribution in [0.25, 0.3) is 10.9 Å². The Morgan fingerprint density at radius 2 is 1.94 bits per heavy atom. The van der Waals surface area contributed by atoms with E-state index in [0.717, 1.165) is 17.7 Å². The summed E-state index contributed by atoms with van der Waals surface area (Å²) in [6.07, 6.45) is 0.722. The van der Waals surface area contributed by atoms with E-state index in [9.17, 15) is 8.78 Å². The number of rotatable bonds is 2. The SMILES string of the molecule is CCc1c(C)nc2c(F)cc(C)c(F)c2c1NC. The normalized spacial score (nSPS) is 11.0. The van der Waals surface area contributed by atoms with E-state index in [1.54, 1.807) is 14.0 Å². The van der Waals surface area contributed by atoms with Gasteiger partial charge in [-0.3, -0.25) is 0 Å². The minimum atomic E-state index is -0.480. The number of nitrogens with zero attached hydrogens (tertiary/aromatic N) is 1. The van der Waals surface area contributed by atoms with Gasteiger partial charge in [0.2, 0.25) is 0 Å². The van der Waals surface area contributed by atoms with Gasteiger partial charge in [0, 0.05) is 12.7 Å².